The van der Waals surface area contributed by atoms with Gasteiger partial charge in [0.2, 0.25) is 0 Å². The van der Waals surface area contributed by atoms with E-state index in [9.17, 15) is 9.18 Å². The van der Waals surface area contributed by atoms with E-state index < -0.39 is 0 Å². The number of nitrogens with one attached hydrogen (secondary N) is 1. The smallest absolute Gasteiger partial charge is 0.289 e. The van der Waals surface area contributed by atoms with E-state index in [-0.39, 0.29) is 35.9 Å². The van der Waals surface area contributed by atoms with Gasteiger partial charge in [-0.3, -0.25) is 4.79 Å². The van der Waals surface area contributed by atoms with Crippen LogP contribution in [0.2, 0.25) is 0 Å². The first-order valence-corrected chi connectivity index (χ1v) is 6.99. The number of rotatable bonds is 3. The Morgan fingerprint density at radius 3 is 2.77 bits per heavy atom. The molecule has 1 aliphatic rings. The summed E-state index contributed by atoms with van der Waals surface area (Å²) in [6, 6.07) is 9.77. The third-order valence-electron chi connectivity index (χ3n) is 3.86. The first kappa shape index (κ1) is 16.5. The predicted molar refractivity (Wildman–Crippen MR) is 84.7 cm³/mol. The van der Waals surface area contributed by atoms with Crippen molar-refractivity contribution in [3.05, 3.63) is 48.0 Å². The quantitative estimate of drug-likeness (QED) is 0.944. The van der Waals surface area contributed by atoms with Crippen molar-refractivity contribution in [2.75, 3.05) is 20.1 Å². The van der Waals surface area contributed by atoms with Gasteiger partial charge in [0.25, 0.3) is 5.91 Å². The Morgan fingerprint density at radius 2 is 2.09 bits per heavy atom. The fraction of sp³-hybridized carbons (Fsp3) is 0.312. The summed E-state index contributed by atoms with van der Waals surface area (Å²) in [6.45, 7) is 1.71. The van der Waals surface area contributed by atoms with Crippen molar-refractivity contribution in [1.29, 1.82) is 0 Å². The molecular formula is C16H18ClFN2O2. The third kappa shape index (κ3) is 3.15. The molecule has 2 heterocycles. The largest absolute Gasteiger partial charge is 0.451 e. The summed E-state index contributed by atoms with van der Waals surface area (Å²) in [5.41, 5.74) is 0.363. The molecule has 1 atom stereocenters. The molecule has 1 aromatic carbocycles. The van der Waals surface area contributed by atoms with Crippen LogP contribution in [0.4, 0.5) is 4.39 Å². The number of likely N-dealkylation sites (N-methyl/N-ethyl adjacent to an activating group) is 1. The fourth-order valence-electron chi connectivity index (χ4n) is 2.57. The maximum absolute atomic E-state index is 13.7. The first-order chi connectivity index (χ1) is 10.2. The Bertz CT molecular complexity index is 653. The van der Waals surface area contributed by atoms with Crippen LogP contribution in [-0.4, -0.2) is 37.0 Å². The zero-order valence-electron chi connectivity index (χ0n) is 12.2. The third-order valence-corrected chi connectivity index (χ3v) is 3.86. The molecule has 6 heteroatoms. The van der Waals surface area contributed by atoms with Gasteiger partial charge in [-0.25, -0.2) is 4.39 Å². The van der Waals surface area contributed by atoms with Crippen LogP contribution in [0, 0.1) is 5.82 Å². The SMILES string of the molecule is CN(C(=O)c1ccc(-c2ccccc2F)o1)C1CCNC1.Cl. The van der Waals surface area contributed by atoms with Crippen LogP contribution in [0.1, 0.15) is 17.0 Å². The Kier molecular flexibility index (Phi) is 5.21. The molecule has 0 radical (unpaired) electrons. The molecule has 0 spiro atoms. The normalized spacial score (nSPS) is 17.1. The fourth-order valence-corrected chi connectivity index (χ4v) is 2.57. The van der Waals surface area contributed by atoms with Gasteiger partial charge in [0, 0.05) is 19.6 Å². The van der Waals surface area contributed by atoms with Crippen molar-refractivity contribution in [2.24, 2.45) is 0 Å². The monoisotopic (exact) mass is 324 g/mol. The molecule has 1 fully saturated rings. The molecule has 2 aromatic rings. The Hall–Kier alpha value is -1.85. The van der Waals surface area contributed by atoms with Gasteiger partial charge in [-0.05, 0) is 37.2 Å². The number of amides is 1. The average Bonchev–Trinajstić information content (AvgIpc) is 3.17. The van der Waals surface area contributed by atoms with Crippen LogP contribution in [0.25, 0.3) is 11.3 Å². The summed E-state index contributed by atoms with van der Waals surface area (Å²) in [5, 5.41) is 3.22. The van der Waals surface area contributed by atoms with E-state index >= 15 is 0 Å². The molecule has 1 aliphatic heterocycles. The Morgan fingerprint density at radius 1 is 1.32 bits per heavy atom. The first-order valence-electron chi connectivity index (χ1n) is 6.99. The highest BCUT2D eigenvalue weighted by atomic mass is 35.5. The second-order valence-corrected chi connectivity index (χ2v) is 5.21. The van der Waals surface area contributed by atoms with Crippen LogP contribution < -0.4 is 5.32 Å². The molecule has 1 unspecified atom stereocenters. The van der Waals surface area contributed by atoms with Gasteiger partial charge < -0.3 is 14.6 Å². The van der Waals surface area contributed by atoms with Crippen molar-refractivity contribution in [1.82, 2.24) is 10.2 Å². The molecule has 0 saturated carbocycles. The van der Waals surface area contributed by atoms with Crippen LogP contribution in [-0.2, 0) is 0 Å². The lowest BCUT2D eigenvalue weighted by molar-refractivity contribution is 0.0712. The molecule has 0 aliphatic carbocycles. The van der Waals surface area contributed by atoms with Gasteiger partial charge in [0.15, 0.2) is 5.76 Å². The maximum Gasteiger partial charge on any atom is 0.289 e. The lowest BCUT2D eigenvalue weighted by Gasteiger charge is -2.22. The van der Waals surface area contributed by atoms with Gasteiger partial charge in [-0.2, -0.15) is 0 Å². The Balaban J connectivity index is 0.00000176. The molecule has 118 valence electrons. The van der Waals surface area contributed by atoms with Gasteiger partial charge >= 0.3 is 0 Å². The summed E-state index contributed by atoms with van der Waals surface area (Å²) in [5.74, 6) is 0.0718. The van der Waals surface area contributed by atoms with Crippen molar-refractivity contribution in [3.8, 4) is 11.3 Å². The van der Waals surface area contributed by atoms with E-state index in [1.807, 2.05) is 0 Å². The number of benzene rings is 1. The second-order valence-electron chi connectivity index (χ2n) is 5.21. The van der Waals surface area contributed by atoms with Gasteiger partial charge in [0.1, 0.15) is 11.6 Å². The van der Waals surface area contributed by atoms with Crippen molar-refractivity contribution in [3.63, 3.8) is 0 Å². The van der Waals surface area contributed by atoms with Gasteiger partial charge in [0.05, 0.1) is 5.56 Å². The van der Waals surface area contributed by atoms with E-state index in [4.69, 9.17) is 4.42 Å². The van der Waals surface area contributed by atoms with Crippen LogP contribution in [0.3, 0.4) is 0 Å². The maximum atomic E-state index is 13.7. The summed E-state index contributed by atoms with van der Waals surface area (Å²) in [4.78, 5) is 14.1. The van der Waals surface area contributed by atoms with E-state index in [0.29, 0.717) is 11.3 Å². The molecule has 1 saturated heterocycles. The molecule has 1 aromatic heterocycles. The highest BCUT2D eigenvalue weighted by molar-refractivity contribution is 5.92. The zero-order chi connectivity index (χ0) is 14.8. The molecule has 1 N–H and O–H groups in total. The minimum Gasteiger partial charge on any atom is -0.451 e. The summed E-state index contributed by atoms with van der Waals surface area (Å²) in [6.07, 6.45) is 0.934. The lowest BCUT2D eigenvalue weighted by Crippen LogP contribution is -2.38. The molecule has 4 nitrogen and oxygen atoms in total. The standard InChI is InChI=1S/C16H17FN2O2.ClH/c1-19(11-8-9-18-10-11)16(20)15-7-6-14(21-15)12-4-2-3-5-13(12)17;/h2-7,11,18H,8-10H2,1H3;1H. The van der Waals surface area contributed by atoms with E-state index in [0.717, 1.165) is 19.5 Å². The van der Waals surface area contributed by atoms with Gasteiger partial charge in [-0.1, -0.05) is 12.1 Å². The Labute approximate surface area is 134 Å². The van der Waals surface area contributed by atoms with Crippen LogP contribution in [0.5, 0.6) is 0 Å². The summed E-state index contributed by atoms with van der Waals surface area (Å²) < 4.78 is 19.3. The number of carbonyl (C=O) groups is 1. The average molecular weight is 325 g/mol. The van der Waals surface area contributed by atoms with E-state index in [1.54, 1.807) is 42.3 Å². The molecule has 1 amide bonds. The topological polar surface area (TPSA) is 45.5 Å². The second kappa shape index (κ2) is 6.94. The lowest BCUT2D eigenvalue weighted by atomic mass is 10.1. The number of hydrogen-bond acceptors (Lipinski definition) is 3. The van der Waals surface area contributed by atoms with Crippen molar-refractivity contribution in [2.45, 2.75) is 12.5 Å². The van der Waals surface area contributed by atoms with E-state index in [1.165, 1.54) is 6.07 Å². The number of nitrogens with zero attached hydrogens (tertiary/aromatic N) is 1. The summed E-state index contributed by atoms with van der Waals surface area (Å²) in [7, 11) is 1.77. The molecule has 22 heavy (non-hydrogen) atoms. The zero-order valence-corrected chi connectivity index (χ0v) is 13.0. The number of furan rings is 1. The molecule has 0 bridgehead atoms. The van der Waals surface area contributed by atoms with E-state index in [2.05, 4.69) is 5.32 Å². The van der Waals surface area contributed by atoms with Crippen LogP contribution in [0.15, 0.2) is 40.8 Å². The highest BCUT2D eigenvalue weighted by Gasteiger charge is 2.26. The number of halogens is 2. The van der Waals surface area contributed by atoms with Gasteiger partial charge in [-0.15, -0.1) is 12.4 Å². The van der Waals surface area contributed by atoms with Crippen molar-refractivity contribution >= 4 is 18.3 Å². The number of hydrogen-bond donors (Lipinski definition) is 1. The molecular weight excluding hydrogens is 307 g/mol. The minimum atomic E-state index is -0.362. The van der Waals surface area contributed by atoms with Crippen LogP contribution >= 0.6 is 12.4 Å². The predicted octanol–water partition coefficient (Wildman–Crippen LogP) is 2.94. The minimum absolute atomic E-state index is 0. The number of carbonyl (C=O) groups excluding carboxylic acids is 1. The van der Waals surface area contributed by atoms with Crippen molar-refractivity contribution < 1.29 is 13.6 Å². The summed E-state index contributed by atoms with van der Waals surface area (Å²) >= 11 is 0. The molecule has 3 rings (SSSR count). The highest BCUT2D eigenvalue weighted by Crippen LogP contribution is 2.25.